The van der Waals surface area contributed by atoms with Crippen LogP contribution < -0.4 is 4.74 Å². The molecule has 0 saturated heterocycles. The Hall–Kier alpha value is -1.03. The Morgan fingerprint density at radius 1 is 1.35 bits per heavy atom. The number of ether oxygens (including phenoxy) is 1. The minimum Gasteiger partial charge on any atom is -0.493 e. The normalized spacial score (nSPS) is 12.7. The number of unbranched alkanes of at least 4 members (excludes halogenated alkanes) is 2. The zero-order valence-corrected chi connectivity index (χ0v) is 11.1. The molecule has 1 atom stereocenters. The van der Waals surface area contributed by atoms with Crippen molar-refractivity contribution in [2.24, 2.45) is 0 Å². The molecule has 4 nitrogen and oxygen atoms in total. The van der Waals surface area contributed by atoms with Crippen LogP contribution in [0, 0.1) is 0 Å². The van der Waals surface area contributed by atoms with E-state index in [0.717, 1.165) is 44.3 Å². The minimum absolute atomic E-state index is 0.467. The van der Waals surface area contributed by atoms with Gasteiger partial charge in [0.15, 0.2) is 5.75 Å². The molecular weight excluding hydrogens is 216 g/mol. The van der Waals surface area contributed by atoms with Crippen molar-refractivity contribution in [1.82, 2.24) is 9.78 Å². The van der Waals surface area contributed by atoms with Crippen LogP contribution in [0.25, 0.3) is 0 Å². The number of aromatic nitrogens is 2. The third-order valence-corrected chi connectivity index (χ3v) is 2.90. The smallest absolute Gasteiger partial charge is 0.162 e. The third-order valence-electron chi connectivity index (χ3n) is 2.90. The summed E-state index contributed by atoms with van der Waals surface area (Å²) >= 11 is 0. The Balaban J connectivity index is 2.73. The van der Waals surface area contributed by atoms with Crippen molar-refractivity contribution in [2.45, 2.75) is 58.6 Å². The van der Waals surface area contributed by atoms with Crippen molar-refractivity contribution in [1.29, 1.82) is 0 Å². The average Bonchev–Trinajstić information content (AvgIpc) is 2.73. The Bertz CT molecular complexity index is 323. The lowest BCUT2D eigenvalue weighted by Gasteiger charge is -2.14. The summed E-state index contributed by atoms with van der Waals surface area (Å²) in [6.07, 6.45) is 6.36. The first-order valence-electron chi connectivity index (χ1n) is 6.52. The number of aryl methyl sites for hydroxylation is 1. The van der Waals surface area contributed by atoms with E-state index in [1.54, 1.807) is 13.3 Å². The van der Waals surface area contributed by atoms with Gasteiger partial charge in [-0.25, -0.2) is 0 Å². The van der Waals surface area contributed by atoms with Crippen molar-refractivity contribution in [3.8, 4) is 5.75 Å². The Morgan fingerprint density at radius 3 is 2.71 bits per heavy atom. The van der Waals surface area contributed by atoms with Crippen LogP contribution in [0.15, 0.2) is 6.20 Å². The summed E-state index contributed by atoms with van der Waals surface area (Å²) in [6.45, 7) is 5.08. The SMILES string of the molecule is CCCCCC(O)c1c(OC)cnn1CCC. The van der Waals surface area contributed by atoms with Crippen LogP contribution >= 0.6 is 0 Å². The number of rotatable bonds is 8. The topological polar surface area (TPSA) is 47.3 Å². The molecule has 1 aromatic rings. The van der Waals surface area contributed by atoms with E-state index < -0.39 is 6.10 Å². The van der Waals surface area contributed by atoms with E-state index in [1.807, 2.05) is 4.68 Å². The van der Waals surface area contributed by atoms with Crippen LogP contribution in [-0.4, -0.2) is 22.0 Å². The van der Waals surface area contributed by atoms with Gasteiger partial charge in [0, 0.05) is 6.54 Å². The molecule has 1 heterocycles. The van der Waals surface area contributed by atoms with Crippen LogP contribution in [0.5, 0.6) is 5.75 Å². The monoisotopic (exact) mass is 240 g/mol. The second-order valence-corrected chi connectivity index (χ2v) is 4.33. The second kappa shape index (κ2) is 7.33. The Kier molecular flexibility index (Phi) is 6.05. The molecule has 0 aliphatic heterocycles. The van der Waals surface area contributed by atoms with Gasteiger partial charge in [-0.15, -0.1) is 0 Å². The molecule has 1 aromatic heterocycles. The molecule has 0 aliphatic carbocycles. The molecule has 17 heavy (non-hydrogen) atoms. The highest BCUT2D eigenvalue weighted by Gasteiger charge is 2.19. The van der Waals surface area contributed by atoms with Gasteiger partial charge < -0.3 is 9.84 Å². The van der Waals surface area contributed by atoms with Gasteiger partial charge in [0.2, 0.25) is 0 Å². The maximum atomic E-state index is 10.2. The van der Waals surface area contributed by atoms with E-state index in [0.29, 0.717) is 5.75 Å². The zero-order valence-electron chi connectivity index (χ0n) is 11.1. The lowest BCUT2D eigenvalue weighted by atomic mass is 10.1. The van der Waals surface area contributed by atoms with Gasteiger partial charge in [-0.05, 0) is 12.8 Å². The predicted octanol–water partition coefficient (Wildman–Crippen LogP) is 2.92. The summed E-state index contributed by atoms with van der Waals surface area (Å²) in [7, 11) is 1.62. The molecule has 0 fully saturated rings. The van der Waals surface area contributed by atoms with Gasteiger partial charge in [-0.1, -0.05) is 33.1 Å². The number of aliphatic hydroxyl groups excluding tert-OH is 1. The largest absolute Gasteiger partial charge is 0.493 e. The first kappa shape index (κ1) is 14.0. The van der Waals surface area contributed by atoms with Gasteiger partial charge in [0.1, 0.15) is 5.69 Å². The van der Waals surface area contributed by atoms with E-state index in [4.69, 9.17) is 4.74 Å². The Labute approximate surface area is 104 Å². The predicted molar refractivity (Wildman–Crippen MR) is 68.2 cm³/mol. The van der Waals surface area contributed by atoms with Crippen LogP contribution in [0.3, 0.4) is 0 Å². The molecular formula is C13H24N2O2. The quantitative estimate of drug-likeness (QED) is 0.711. The van der Waals surface area contributed by atoms with Crippen molar-refractivity contribution >= 4 is 0 Å². The van der Waals surface area contributed by atoms with Crippen LogP contribution in [0.4, 0.5) is 0 Å². The van der Waals surface area contributed by atoms with Crippen molar-refractivity contribution in [3.63, 3.8) is 0 Å². The maximum Gasteiger partial charge on any atom is 0.162 e. The summed E-state index contributed by atoms with van der Waals surface area (Å²) in [5, 5.41) is 14.5. The van der Waals surface area contributed by atoms with Crippen LogP contribution in [0.1, 0.15) is 57.7 Å². The van der Waals surface area contributed by atoms with E-state index in [9.17, 15) is 5.11 Å². The van der Waals surface area contributed by atoms with Gasteiger partial charge in [-0.3, -0.25) is 4.68 Å². The van der Waals surface area contributed by atoms with Gasteiger partial charge in [-0.2, -0.15) is 5.10 Å². The molecule has 0 aromatic carbocycles. The standard InChI is InChI=1S/C13H24N2O2/c1-4-6-7-8-11(16)13-12(17-3)10-14-15(13)9-5-2/h10-11,16H,4-9H2,1-3H3. The second-order valence-electron chi connectivity index (χ2n) is 4.33. The fourth-order valence-corrected chi connectivity index (χ4v) is 1.99. The summed E-state index contributed by atoms with van der Waals surface area (Å²) in [4.78, 5) is 0. The molecule has 0 bridgehead atoms. The summed E-state index contributed by atoms with van der Waals surface area (Å²) in [6, 6.07) is 0. The molecule has 1 rings (SSSR count). The van der Waals surface area contributed by atoms with E-state index in [1.165, 1.54) is 0 Å². The van der Waals surface area contributed by atoms with Gasteiger partial charge >= 0.3 is 0 Å². The average molecular weight is 240 g/mol. The summed E-state index contributed by atoms with van der Waals surface area (Å²) in [5.74, 6) is 0.697. The highest BCUT2D eigenvalue weighted by atomic mass is 16.5. The number of hydrogen-bond acceptors (Lipinski definition) is 3. The van der Waals surface area contributed by atoms with E-state index >= 15 is 0 Å². The van der Waals surface area contributed by atoms with Crippen LogP contribution in [-0.2, 0) is 6.54 Å². The molecule has 1 N–H and O–H groups in total. The molecule has 0 aliphatic rings. The maximum absolute atomic E-state index is 10.2. The highest BCUT2D eigenvalue weighted by Crippen LogP contribution is 2.28. The lowest BCUT2D eigenvalue weighted by molar-refractivity contribution is 0.148. The summed E-state index contributed by atoms with van der Waals surface area (Å²) in [5.41, 5.74) is 0.824. The summed E-state index contributed by atoms with van der Waals surface area (Å²) < 4.78 is 7.11. The zero-order chi connectivity index (χ0) is 12.7. The first-order chi connectivity index (χ1) is 8.24. The number of aliphatic hydroxyl groups is 1. The third kappa shape index (κ3) is 3.73. The van der Waals surface area contributed by atoms with Crippen molar-refractivity contribution in [3.05, 3.63) is 11.9 Å². The van der Waals surface area contributed by atoms with E-state index in [2.05, 4.69) is 18.9 Å². The highest BCUT2D eigenvalue weighted by molar-refractivity contribution is 5.27. The van der Waals surface area contributed by atoms with Gasteiger partial charge in [0.25, 0.3) is 0 Å². The molecule has 0 radical (unpaired) electrons. The molecule has 0 amide bonds. The van der Waals surface area contributed by atoms with Crippen molar-refractivity contribution < 1.29 is 9.84 Å². The molecule has 1 unspecified atom stereocenters. The number of hydrogen-bond donors (Lipinski definition) is 1. The molecule has 98 valence electrons. The van der Waals surface area contributed by atoms with Gasteiger partial charge in [0.05, 0.1) is 19.4 Å². The number of methoxy groups -OCH3 is 1. The fraction of sp³-hybridized carbons (Fsp3) is 0.769. The number of nitrogens with zero attached hydrogens (tertiary/aromatic N) is 2. The Morgan fingerprint density at radius 2 is 2.12 bits per heavy atom. The fourth-order valence-electron chi connectivity index (χ4n) is 1.99. The molecule has 0 spiro atoms. The van der Waals surface area contributed by atoms with Crippen molar-refractivity contribution in [2.75, 3.05) is 7.11 Å². The minimum atomic E-state index is -0.467. The van der Waals surface area contributed by atoms with Crippen LogP contribution in [0.2, 0.25) is 0 Å². The molecule has 0 saturated carbocycles. The lowest BCUT2D eigenvalue weighted by Crippen LogP contribution is -2.10. The molecule has 4 heteroatoms. The van der Waals surface area contributed by atoms with E-state index in [-0.39, 0.29) is 0 Å². The first-order valence-corrected chi connectivity index (χ1v) is 6.52.